The number of benzene rings is 1. The van der Waals surface area contributed by atoms with Crippen molar-refractivity contribution in [2.75, 3.05) is 7.05 Å². The molecule has 0 atom stereocenters. The minimum Gasteiger partial charge on any atom is -0.339 e. The van der Waals surface area contributed by atoms with Crippen LogP contribution < -0.4 is 0 Å². The predicted octanol–water partition coefficient (Wildman–Crippen LogP) is 4.63. The summed E-state index contributed by atoms with van der Waals surface area (Å²) in [5.41, 5.74) is 0.422. The maximum atomic E-state index is 13.5. The Morgan fingerprint density at radius 2 is 2.00 bits per heavy atom. The Morgan fingerprint density at radius 1 is 1.35 bits per heavy atom. The van der Waals surface area contributed by atoms with Gasteiger partial charge in [0.2, 0.25) is 0 Å². The van der Waals surface area contributed by atoms with Gasteiger partial charge in [0, 0.05) is 18.7 Å². The molecule has 0 aliphatic heterocycles. The smallest absolute Gasteiger partial charge is 0.253 e. The molecule has 0 N–H and O–H groups in total. The van der Waals surface area contributed by atoms with Crippen LogP contribution in [0.2, 0.25) is 0 Å². The molecule has 110 valence electrons. The van der Waals surface area contributed by atoms with Crippen molar-refractivity contribution >= 4 is 21.8 Å². The van der Waals surface area contributed by atoms with Crippen molar-refractivity contribution in [1.29, 1.82) is 0 Å². The lowest BCUT2D eigenvalue weighted by Gasteiger charge is -2.34. The van der Waals surface area contributed by atoms with Crippen molar-refractivity contribution in [3.63, 3.8) is 0 Å². The Labute approximate surface area is 128 Å². The molecule has 1 aliphatic carbocycles. The minimum absolute atomic E-state index is 0.0867. The van der Waals surface area contributed by atoms with E-state index in [0.717, 1.165) is 18.8 Å². The molecular formula is C16H21BrFNO. The molecule has 4 heteroatoms. The molecule has 0 bridgehead atoms. The van der Waals surface area contributed by atoms with E-state index in [0.29, 0.717) is 10.0 Å². The first-order valence-corrected chi connectivity index (χ1v) is 8.04. The van der Waals surface area contributed by atoms with Crippen LogP contribution in [0.3, 0.4) is 0 Å². The van der Waals surface area contributed by atoms with Gasteiger partial charge in [0.25, 0.3) is 5.91 Å². The minimum atomic E-state index is -0.390. The number of carbonyl (C=O) groups excluding carboxylic acids is 1. The zero-order chi connectivity index (χ0) is 14.7. The lowest BCUT2D eigenvalue weighted by Crippen LogP contribution is -2.39. The van der Waals surface area contributed by atoms with Crippen molar-refractivity contribution in [2.24, 2.45) is 5.92 Å². The third-order valence-electron chi connectivity index (χ3n) is 4.43. The van der Waals surface area contributed by atoms with Crippen molar-refractivity contribution in [3.8, 4) is 0 Å². The fourth-order valence-corrected chi connectivity index (χ4v) is 3.19. The highest BCUT2D eigenvalue weighted by atomic mass is 79.9. The zero-order valence-corrected chi connectivity index (χ0v) is 13.6. The summed E-state index contributed by atoms with van der Waals surface area (Å²) in [6.07, 6.45) is 5.71. The van der Waals surface area contributed by atoms with E-state index >= 15 is 0 Å². The first kappa shape index (κ1) is 15.5. The molecule has 2 rings (SSSR count). The molecule has 1 saturated carbocycles. The number of rotatable bonds is 3. The second kappa shape index (κ2) is 6.70. The van der Waals surface area contributed by atoms with Crippen molar-refractivity contribution in [1.82, 2.24) is 4.90 Å². The Bertz CT molecular complexity index is 483. The standard InChI is InChI=1S/C16H21BrFNO/c1-3-11-4-7-13(8-5-11)19(2)16(20)12-6-9-14(17)15(18)10-12/h6,9-11,13H,3-5,7-8H2,1-2H3. The molecule has 0 spiro atoms. The van der Waals surface area contributed by atoms with Gasteiger partial charge in [-0.2, -0.15) is 0 Å². The van der Waals surface area contributed by atoms with Crippen LogP contribution in [0, 0.1) is 11.7 Å². The Hall–Kier alpha value is -0.900. The molecule has 0 aromatic heterocycles. The highest BCUT2D eigenvalue weighted by Gasteiger charge is 2.26. The third-order valence-corrected chi connectivity index (χ3v) is 5.07. The van der Waals surface area contributed by atoms with Gasteiger partial charge in [-0.1, -0.05) is 13.3 Å². The zero-order valence-electron chi connectivity index (χ0n) is 12.0. The summed E-state index contributed by atoms with van der Waals surface area (Å²) >= 11 is 3.11. The van der Waals surface area contributed by atoms with E-state index in [1.165, 1.54) is 25.3 Å². The second-order valence-corrected chi connectivity index (χ2v) is 6.48. The van der Waals surface area contributed by atoms with E-state index in [4.69, 9.17) is 0 Å². The third kappa shape index (κ3) is 3.40. The predicted molar refractivity (Wildman–Crippen MR) is 82.2 cm³/mol. The summed E-state index contributed by atoms with van der Waals surface area (Å²) in [4.78, 5) is 14.2. The van der Waals surface area contributed by atoms with E-state index in [1.807, 2.05) is 7.05 Å². The summed E-state index contributed by atoms with van der Waals surface area (Å²) in [6.45, 7) is 2.23. The first-order valence-electron chi connectivity index (χ1n) is 7.25. The maximum Gasteiger partial charge on any atom is 0.253 e. The van der Waals surface area contributed by atoms with Gasteiger partial charge >= 0.3 is 0 Å². The van der Waals surface area contributed by atoms with E-state index < -0.39 is 0 Å². The van der Waals surface area contributed by atoms with Gasteiger partial charge in [-0.15, -0.1) is 0 Å². The van der Waals surface area contributed by atoms with Gasteiger partial charge in [-0.25, -0.2) is 4.39 Å². The molecule has 0 unspecified atom stereocenters. The summed E-state index contributed by atoms with van der Waals surface area (Å²) in [5.74, 6) is 0.329. The average Bonchev–Trinajstić information content (AvgIpc) is 2.48. The van der Waals surface area contributed by atoms with E-state index in [1.54, 1.807) is 17.0 Å². The average molecular weight is 342 g/mol. The molecule has 2 nitrogen and oxygen atoms in total. The Kier molecular flexibility index (Phi) is 5.19. The van der Waals surface area contributed by atoms with Gasteiger partial charge < -0.3 is 4.90 Å². The highest BCUT2D eigenvalue weighted by Crippen LogP contribution is 2.29. The first-order chi connectivity index (χ1) is 9.52. The van der Waals surface area contributed by atoms with Gasteiger partial charge in [0.05, 0.1) is 4.47 Å². The molecule has 1 aromatic carbocycles. The maximum absolute atomic E-state index is 13.5. The van der Waals surface area contributed by atoms with E-state index in [2.05, 4.69) is 22.9 Å². The molecule has 20 heavy (non-hydrogen) atoms. The van der Waals surface area contributed by atoms with E-state index in [9.17, 15) is 9.18 Å². The van der Waals surface area contributed by atoms with Crippen LogP contribution in [0.5, 0.6) is 0 Å². The summed E-state index contributed by atoms with van der Waals surface area (Å²) < 4.78 is 13.9. The SMILES string of the molecule is CCC1CCC(N(C)C(=O)c2ccc(Br)c(F)c2)CC1. The van der Waals surface area contributed by atoms with Gasteiger partial charge in [0.15, 0.2) is 0 Å². The fourth-order valence-electron chi connectivity index (χ4n) is 2.94. The second-order valence-electron chi connectivity index (χ2n) is 5.63. The van der Waals surface area contributed by atoms with Crippen LogP contribution >= 0.6 is 15.9 Å². The summed E-state index contributed by atoms with van der Waals surface area (Å²) in [5, 5.41) is 0. The number of hydrogen-bond donors (Lipinski definition) is 0. The Balaban J connectivity index is 2.03. The van der Waals surface area contributed by atoms with Gasteiger partial charge in [0.1, 0.15) is 5.82 Å². The van der Waals surface area contributed by atoms with Crippen molar-refractivity contribution in [2.45, 2.75) is 45.1 Å². The van der Waals surface area contributed by atoms with Gasteiger partial charge in [-0.3, -0.25) is 4.79 Å². The highest BCUT2D eigenvalue weighted by molar-refractivity contribution is 9.10. The molecular weight excluding hydrogens is 321 g/mol. The molecule has 1 aliphatic rings. The number of nitrogens with zero attached hydrogens (tertiary/aromatic N) is 1. The molecule has 1 aromatic rings. The molecule has 1 fully saturated rings. The number of amides is 1. The van der Waals surface area contributed by atoms with Crippen LogP contribution in [0.1, 0.15) is 49.4 Å². The van der Waals surface area contributed by atoms with Crippen LogP contribution in [-0.4, -0.2) is 23.9 Å². The number of carbonyl (C=O) groups is 1. The molecule has 0 radical (unpaired) electrons. The summed E-state index contributed by atoms with van der Waals surface area (Å²) in [6, 6.07) is 4.85. The normalized spacial score (nSPS) is 22.6. The lowest BCUT2D eigenvalue weighted by atomic mass is 9.84. The molecule has 0 saturated heterocycles. The van der Waals surface area contributed by atoms with Crippen molar-refractivity contribution < 1.29 is 9.18 Å². The van der Waals surface area contributed by atoms with Crippen molar-refractivity contribution in [3.05, 3.63) is 34.1 Å². The number of halogens is 2. The molecule has 0 heterocycles. The lowest BCUT2D eigenvalue weighted by molar-refractivity contribution is 0.0674. The quantitative estimate of drug-likeness (QED) is 0.784. The van der Waals surface area contributed by atoms with Crippen LogP contribution in [-0.2, 0) is 0 Å². The van der Waals surface area contributed by atoms with Crippen LogP contribution in [0.25, 0.3) is 0 Å². The van der Waals surface area contributed by atoms with E-state index in [-0.39, 0.29) is 17.8 Å². The van der Waals surface area contributed by atoms with Crippen LogP contribution in [0.4, 0.5) is 4.39 Å². The number of hydrogen-bond acceptors (Lipinski definition) is 1. The largest absolute Gasteiger partial charge is 0.339 e. The fraction of sp³-hybridized carbons (Fsp3) is 0.562. The monoisotopic (exact) mass is 341 g/mol. The topological polar surface area (TPSA) is 20.3 Å². The Morgan fingerprint density at radius 3 is 2.55 bits per heavy atom. The van der Waals surface area contributed by atoms with Crippen LogP contribution in [0.15, 0.2) is 22.7 Å². The summed E-state index contributed by atoms with van der Waals surface area (Å²) in [7, 11) is 1.83. The van der Waals surface area contributed by atoms with Gasteiger partial charge in [-0.05, 0) is 65.7 Å². The molecule has 1 amide bonds.